The first-order valence-electron chi connectivity index (χ1n) is 9.11. The van der Waals surface area contributed by atoms with Crippen LogP contribution in [0, 0.1) is 0 Å². The van der Waals surface area contributed by atoms with Crippen LogP contribution in [0.15, 0.2) is 57.1 Å². The molecular formula is C21H22BrN3O3S. The molecule has 1 aliphatic heterocycles. The van der Waals surface area contributed by atoms with Crippen molar-refractivity contribution >= 4 is 45.0 Å². The smallest absolute Gasteiger partial charge is 0.242 e. The second-order valence-corrected chi connectivity index (χ2v) is 8.39. The Labute approximate surface area is 183 Å². The second-order valence-electron chi connectivity index (χ2n) is 6.30. The predicted molar refractivity (Wildman–Crippen MR) is 121 cm³/mol. The van der Waals surface area contributed by atoms with Gasteiger partial charge in [-0.3, -0.25) is 9.69 Å². The van der Waals surface area contributed by atoms with Gasteiger partial charge in [0.15, 0.2) is 5.17 Å². The molecule has 1 fully saturated rings. The van der Waals surface area contributed by atoms with Crippen molar-refractivity contribution in [2.45, 2.75) is 25.1 Å². The highest BCUT2D eigenvalue weighted by Gasteiger charge is 2.36. The van der Waals surface area contributed by atoms with E-state index < -0.39 is 0 Å². The molecule has 3 rings (SSSR count). The monoisotopic (exact) mass is 475 g/mol. The highest BCUT2D eigenvalue weighted by Crippen LogP contribution is 2.31. The number of amides is 1. The minimum Gasteiger partial charge on any atom is -0.497 e. The summed E-state index contributed by atoms with van der Waals surface area (Å²) in [5, 5.41) is 9.03. The standard InChI is InChI=1S/C21H22BrN3O3S/c1-4-19-20(26)25(13-14-5-8-17(27-2)9-6-14)21(29-19)24-23-12-15-11-16(22)7-10-18(15)28-3/h5-12,19H,4,13H2,1-3H3/b23-12+,24-21-. The Morgan fingerprint density at radius 3 is 2.59 bits per heavy atom. The summed E-state index contributed by atoms with van der Waals surface area (Å²) in [6, 6.07) is 13.3. The summed E-state index contributed by atoms with van der Waals surface area (Å²) in [6.07, 6.45) is 2.37. The van der Waals surface area contributed by atoms with E-state index in [2.05, 4.69) is 26.1 Å². The lowest BCUT2D eigenvalue weighted by molar-refractivity contribution is -0.126. The number of thioether (sulfide) groups is 1. The van der Waals surface area contributed by atoms with Gasteiger partial charge in [0, 0.05) is 10.0 Å². The van der Waals surface area contributed by atoms with E-state index >= 15 is 0 Å². The van der Waals surface area contributed by atoms with E-state index in [9.17, 15) is 4.79 Å². The minimum atomic E-state index is -0.136. The zero-order valence-electron chi connectivity index (χ0n) is 16.5. The lowest BCUT2D eigenvalue weighted by Crippen LogP contribution is -2.31. The molecule has 0 N–H and O–H groups in total. The maximum Gasteiger partial charge on any atom is 0.242 e. The van der Waals surface area contributed by atoms with Gasteiger partial charge >= 0.3 is 0 Å². The minimum absolute atomic E-state index is 0.0577. The van der Waals surface area contributed by atoms with Gasteiger partial charge in [-0.25, -0.2) is 0 Å². The number of benzene rings is 2. The molecule has 0 spiro atoms. The van der Waals surface area contributed by atoms with E-state index in [0.29, 0.717) is 17.5 Å². The highest BCUT2D eigenvalue weighted by atomic mass is 79.9. The van der Waals surface area contributed by atoms with Crippen molar-refractivity contribution in [3.8, 4) is 11.5 Å². The van der Waals surface area contributed by atoms with Crippen LogP contribution in [-0.2, 0) is 11.3 Å². The van der Waals surface area contributed by atoms with Crippen molar-refractivity contribution in [2.24, 2.45) is 10.2 Å². The van der Waals surface area contributed by atoms with E-state index in [-0.39, 0.29) is 11.2 Å². The molecule has 29 heavy (non-hydrogen) atoms. The van der Waals surface area contributed by atoms with Crippen LogP contribution in [0.2, 0.25) is 0 Å². The first kappa shape index (κ1) is 21.4. The molecule has 0 radical (unpaired) electrons. The molecule has 1 atom stereocenters. The summed E-state index contributed by atoms with van der Waals surface area (Å²) in [4.78, 5) is 14.5. The third-order valence-corrected chi connectivity index (χ3v) is 6.25. The zero-order chi connectivity index (χ0) is 20.8. The summed E-state index contributed by atoms with van der Waals surface area (Å²) in [5.41, 5.74) is 1.80. The van der Waals surface area contributed by atoms with Crippen LogP contribution in [0.3, 0.4) is 0 Å². The molecule has 1 saturated heterocycles. The van der Waals surface area contributed by atoms with Crippen LogP contribution in [0.4, 0.5) is 0 Å². The van der Waals surface area contributed by atoms with Crippen molar-refractivity contribution in [1.29, 1.82) is 0 Å². The number of rotatable bonds is 7. The Bertz CT molecular complexity index is 931. The van der Waals surface area contributed by atoms with E-state index in [1.807, 2.05) is 49.4 Å². The fourth-order valence-corrected chi connectivity index (χ4v) is 4.25. The Morgan fingerprint density at radius 1 is 1.17 bits per heavy atom. The topological polar surface area (TPSA) is 63.5 Å². The molecule has 1 unspecified atom stereocenters. The number of nitrogens with zero attached hydrogens (tertiary/aromatic N) is 3. The van der Waals surface area contributed by atoms with Crippen molar-refractivity contribution in [2.75, 3.05) is 14.2 Å². The Hall–Kier alpha value is -2.32. The van der Waals surface area contributed by atoms with Crippen LogP contribution in [0.25, 0.3) is 0 Å². The summed E-state index contributed by atoms with van der Waals surface area (Å²) in [7, 11) is 3.24. The van der Waals surface area contributed by atoms with Gasteiger partial charge in [-0.05, 0) is 42.3 Å². The number of carbonyl (C=O) groups excluding carboxylic acids is 1. The summed E-state index contributed by atoms with van der Waals surface area (Å²) in [5.74, 6) is 1.54. The SMILES string of the molecule is CCC1S/C(=N\N=C\c2cc(Br)ccc2OC)N(Cc2ccc(OC)cc2)C1=O. The highest BCUT2D eigenvalue weighted by molar-refractivity contribution is 9.10. The number of methoxy groups -OCH3 is 2. The molecule has 1 amide bonds. The molecule has 8 heteroatoms. The van der Waals surface area contributed by atoms with E-state index in [1.54, 1.807) is 25.3 Å². The molecule has 1 aliphatic rings. The normalized spacial score (nSPS) is 18.1. The maximum absolute atomic E-state index is 12.8. The Balaban J connectivity index is 1.82. The number of carbonyl (C=O) groups is 1. The molecule has 152 valence electrons. The third-order valence-electron chi connectivity index (χ3n) is 4.42. The van der Waals surface area contributed by atoms with Gasteiger partial charge in [0.25, 0.3) is 0 Å². The lowest BCUT2D eigenvalue weighted by Gasteiger charge is -2.16. The quantitative estimate of drug-likeness (QED) is 0.429. The molecule has 0 aromatic heterocycles. The Morgan fingerprint density at radius 2 is 1.93 bits per heavy atom. The van der Waals surface area contributed by atoms with Gasteiger partial charge in [-0.15, -0.1) is 5.10 Å². The lowest BCUT2D eigenvalue weighted by atomic mass is 10.2. The van der Waals surface area contributed by atoms with Crippen LogP contribution in [-0.4, -0.2) is 41.7 Å². The third kappa shape index (κ3) is 5.19. The van der Waals surface area contributed by atoms with E-state index in [4.69, 9.17) is 9.47 Å². The summed E-state index contributed by atoms with van der Waals surface area (Å²) < 4.78 is 11.5. The van der Waals surface area contributed by atoms with Gasteiger partial charge in [-0.2, -0.15) is 5.10 Å². The number of hydrogen-bond donors (Lipinski definition) is 0. The number of halogens is 1. The molecule has 0 bridgehead atoms. The Kier molecular flexibility index (Phi) is 7.33. The number of ether oxygens (including phenoxy) is 2. The molecule has 1 heterocycles. The van der Waals surface area contributed by atoms with Crippen molar-refractivity contribution < 1.29 is 14.3 Å². The van der Waals surface area contributed by atoms with Gasteiger partial charge in [0.05, 0.1) is 32.2 Å². The van der Waals surface area contributed by atoms with Crippen molar-refractivity contribution in [3.05, 3.63) is 58.1 Å². The van der Waals surface area contributed by atoms with E-state index in [1.165, 1.54) is 11.8 Å². The van der Waals surface area contributed by atoms with E-state index in [0.717, 1.165) is 27.8 Å². The van der Waals surface area contributed by atoms with Gasteiger partial charge in [-0.1, -0.05) is 46.7 Å². The first-order chi connectivity index (χ1) is 14.0. The van der Waals surface area contributed by atoms with Gasteiger partial charge < -0.3 is 9.47 Å². The van der Waals surface area contributed by atoms with Crippen LogP contribution in [0.5, 0.6) is 11.5 Å². The zero-order valence-corrected chi connectivity index (χ0v) is 18.9. The summed E-state index contributed by atoms with van der Waals surface area (Å²) in [6.45, 7) is 2.45. The average Bonchev–Trinajstić information content (AvgIpc) is 3.03. The molecule has 6 nitrogen and oxygen atoms in total. The fraction of sp³-hybridized carbons (Fsp3) is 0.286. The first-order valence-corrected chi connectivity index (χ1v) is 10.8. The van der Waals surface area contributed by atoms with Crippen LogP contribution >= 0.6 is 27.7 Å². The maximum atomic E-state index is 12.8. The van der Waals surface area contributed by atoms with Gasteiger partial charge in [0.1, 0.15) is 11.5 Å². The predicted octanol–water partition coefficient (Wildman–Crippen LogP) is 4.71. The molecular weight excluding hydrogens is 454 g/mol. The molecule has 2 aromatic rings. The molecule has 0 aliphatic carbocycles. The van der Waals surface area contributed by atoms with Crippen molar-refractivity contribution in [3.63, 3.8) is 0 Å². The molecule has 2 aromatic carbocycles. The van der Waals surface area contributed by atoms with Crippen LogP contribution in [0.1, 0.15) is 24.5 Å². The van der Waals surface area contributed by atoms with Gasteiger partial charge in [0.2, 0.25) is 5.91 Å². The summed E-state index contributed by atoms with van der Waals surface area (Å²) >= 11 is 4.90. The number of hydrogen-bond acceptors (Lipinski definition) is 6. The number of amidine groups is 1. The van der Waals surface area contributed by atoms with Crippen LogP contribution < -0.4 is 9.47 Å². The molecule has 0 saturated carbocycles. The van der Waals surface area contributed by atoms with Crippen molar-refractivity contribution in [1.82, 2.24) is 4.90 Å². The second kappa shape index (κ2) is 9.93. The fourth-order valence-electron chi connectivity index (χ4n) is 2.85. The largest absolute Gasteiger partial charge is 0.497 e. The average molecular weight is 476 g/mol.